The lowest BCUT2D eigenvalue weighted by molar-refractivity contribution is -0.217. The van der Waals surface area contributed by atoms with E-state index in [1.165, 1.54) is 5.57 Å². The van der Waals surface area contributed by atoms with Gasteiger partial charge in [-0.05, 0) is 97.2 Å². The van der Waals surface area contributed by atoms with Crippen molar-refractivity contribution in [1.82, 2.24) is 0 Å². The first kappa shape index (κ1) is 25.4. The topological polar surface area (TPSA) is 94.8 Å². The van der Waals surface area contributed by atoms with Gasteiger partial charge in [0, 0.05) is 0 Å². The molecule has 5 rings (SSSR count). The maximum atomic E-state index is 12.8. The van der Waals surface area contributed by atoms with E-state index in [-0.39, 0.29) is 33.5 Å². The third-order valence-corrected chi connectivity index (χ3v) is 13.0. The highest BCUT2D eigenvalue weighted by Crippen LogP contribution is 2.75. The summed E-state index contributed by atoms with van der Waals surface area (Å²) in [6, 6.07) is 0. The van der Waals surface area contributed by atoms with E-state index in [0.29, 0.717) is 25.2 Å². The molecule has 4 fully saturated rings. The largest absolute Gasteiger partial charge is 0.481 e. The Balaban J connectivity index is 1.63. The minimum atomic E-state index is -1.09. The van der Waals surface area contributed by atoms with Crippen molar-refractivity contribution in [2.45, 2.75) is 112 Å². The Morgan fingerprint density at radius 1 is 0.914 bits per heavy atom. The Hall–Kier alpha value is -1.20. The Morgan fingerprint density at radius 3 is 2.23 bits per heavy atom. The number of carboxylic acids is 1. The second-order valence-corrected chi connectivity index (χ2v) is 14.8. The highest BCUT2D eigenvalue weighted by atomic mass is 16.4. The molecule has 0 amide bonds. The van der Waals surface area contributed by atoms with Crippen molar-refractivity contribution in [2.75, 3.05) is 0 Å². The summed E-state index contributed by atoms with van der Waals surface area (Å²) in [4.78, 5) is 25.1. The second kappa shape index (κ2) is 7.43. The van der Waals surface area contributed by atoms with Crippen molar-refractivity contribution >= 4 is 12.3 Å². The molecule has 5 nitrogen and oxygen atoms in total. The highest BCUT2D eigenvalue weighted by molar-refractivity contribution is 5.77. The van der Waals surface area contributed by atoms with E-state index in [1.807, 2.05) is 6.92 Å². The summed E-state index contributed by atoms with van der Waals surface area (Å²) in [5, 5.41) is 33.0. The number of carbonyl (C=O) groups excluding carboxylic acids is 1. The fourth-order valence-electron chi connectivity index (χ4n) is 10.6. The number of allylic oxidation sites excluding steroid dienone is 2. The van der Waals surface area contributed by atoms with E-state index in [0.717, 1.165) is 44.8 Å². The zero-order chi connectivity index (χ0) is 25.8. The molecule has 0 radical (unpaired) electrons. The van der Waals surface area contributed by atoms with Crippen molar-refractivity contribution < 1.29 is 24.9 Å². The monoisotopic (exact) mass is 486 g/mol. The Labute approximate surface area is 210 Å². The van der Waals surface area contributed by atoms with Crippen molar-refractivity contribution in [3.8, 4) is 0 Å². The predicted octanol–water partition coefficient (Wildman–Crippen LogP) is 5.38. The van der Waals surface area contributed by atoms with Gasteiger partial charge in [-0.15, -0.1) is 0 Å². The Morgan fingerprint density at radius 2 is 1.60 bits per heavy atom. The summed E-state index contributed by atoms with van der Waals surface area (Å²) < 4.78 is 0. The summed E-state index contributed by atoms with van der Waals surface area (Å²) in [5.41, 5.74) is -0.934. The second-order valence-electron chi connectivity index (χ2n) is 14.8. The van der Waals surface area contributed by atoms with Crippen LogP contribution in [-0.4, -0.2) is 39.8 Å². The molecule has 3 N–H and O–H groups in total. The Bertz CT molecular complexity index is 970. The molecule has 5 aliphatic rings. The lowest BCUT2D eigenvalue weighted by Gasteiger charge is -2.71. The van der Waals surface area contributed by atoms with Crippen LogP contribution in [0.15, 0.2) is 11.6 Å². The molecule has 0 aromatic carbocycles. The molecule has 0 heterocycles. The standard InChI is InChI=1S/C30H46O5/c1-25(2)13-14-30(24(34)35)19(15-25)18-7-8-21-26(3)11-10-22(32)27(4,17-31)20(26)9-12-28(21,5)29(18,6)16-23(30)33/h7,17,19-23,32-33H,8-16H2,1-6H3,(H,34,35)/t19-,20?,21?,22-,23+,26-,27-,28+,29+,30+/m0/s1. The first-order valence-corrected chi connectivity index (χ1v) is 13.9. The van der Waals surface area contributed by atoms with Crippen LogP contribution in [0.2, 0.25) is 0 Å². The van der Waals surface area contributed by atoms with Gasteiger partial charge in [-0.25, -0.2) is 0 Å². The van der Waals surface area contributed by atoms with E-state index in [9.17, 15) is 24.9 Å². The van der Waals surface area contributed by atoms with Gasteiger partial charge in [0.05, 0.1) is 17.6 Å². The van der Waals surface area contributed by atoms with Crippen molar-refractivity contribution in [3.63, 3.8) is 0 Å². The summed E-state index contributed by atoms with van der Waals surface area (Å²) in [6.45, 7) is 13.5. The van der Waals surface area contributed by atoms with E-state index >= 15 is 0 Å². The molecule has 0 aromatic rings. The molecule has 5 aliphatic carbocycles. The molecule has 0 spiro atoms. The Kier molecular flexibility index (Phi) is 5.40. The van der Waals surface area contributed by atoms with E-state index in [4.69, 9.17) is 0 Å². The summed E-state index contributed by atoms with van der Waals surface area (Å²) in [5.74, 6) is -0.517. The average Bonchev–Trinajstić information content (AvgIpc) is 2.76. The number of hydrogen-bond acceptors (Lipinski definition) is 4. The SMILES string of the molecule is CC1(C)CC[C@]2(C(=O)O)[C@H](O)C[C@]3(C)C(=CCC4[C@@]5(C)CC[C@H](O)[C@@](C)(C=O)C5CC[C@]43C)[C@@H]2C1. The quantitative estimate of drug-likeness (QED) is 0.360. The van der Waals surface area contributed by atoms with E-state index in [1.54, 1.807) is 0 Å². The number of rotatable bonds is 2. The van der Waals surface area contributed by atoms with Crippen LogP contribution in [-0.2, 0) is 9.59 Å². The van der Waals surface area contributed by atoms with Gasteiger partial charge >= 0.3 is 5.97 Å². The van der Waals surface area contributed by atoms with Crippen molar-refractivity contribution in [1.29, 1.82) is 0 Å². The fourth-order valence-corrected chi connectivity index (χ4v) is 10.6. The fraction of sp³-hybridized carbons (Fsp3) is 0.867. The van der Waals surface area contributed by atoms with Crippen LogP contribution >= 0.6 is 0 Å². The molecule has 0 saturated heterocycles. The van der Waals surface area contributed by atoms with Gasteiger partial charge in [-0.3, -0.25) is 4.79 Å². The maximum Gasteiger partial charge on any atom is 0.312 e. The first-order valence-electron chi connectivity index (χ1n) is 13.9. The average molecular weight is 487 g/mol. The smallest absolute Gasteiger partial charge is 0.312 e. The van der Waals surface area contributed by atoms with Gasteiger partial charge in [0.2, 0.25) is 0 Å². The number of hydrogen-bond donors (Lipinski definition) is 3. The summed E-state index contributed by atoms with van der Waals surface area (Å²) >= 11 is 0. The van der Waals surface area contributed by atoms with Gasteiger partial charge in [0.25, 0.3) is 0 Å². The number of carboxylic acid groups (broad SMARTS) is 1. The third-order valence-electron chi connectivity index (χ3n) is 13.0. The number of fused-ring (bicyclic) bond motifs is 7. The number of carbonyl (C=O) groups is 2. The molecule has 10 atom stereocenters. The van der Waals surface area contributed by atoms with Crippen LogP contribution in [0.25, 0.3) is 0 Å². The predicted molar refractivity (Wildman–Crippen MR) is 134 cm³/mol. The van der Waals surface area contributed by atoms with Gasteiger partial charge in [-0.1, -0.05) is 53.2 Å². The lowest BCUT2D eigenvalue weighted by atomic mass is 9.33. The van der Waals surface area contributed by atoms with E-state index < -0.39 is 29.0 Å². The van der Waals surface area contributed by atoms with Crippen LogP contribution < -0.4 is 0 Å². The molecular weight excluding hydrogens is 440 g/mol. The molecule has 4 saturated carbocycles. The molecule has 5 heteroatoms. The van der Waals surface area contributed by atoms with Crippen LogP contribution in [0, 0.1) is 50.2 Å². The van der Waals surface area contributed by atoms with Crippen molar-refractivity contribution in [3.05, 3.63) is 11.6 Å². The minimum Gasteiger partial charge on any atom is -0.481 e. The van der Waals surface area contributed by atoms with Crippen LogP contribution in [0.5, 0.6) is 0 Å². The molecule has 0 bridgehead atoms. The lowest BCUT2D eigenvalue weighted by Crippen LogP contribution is -2.67. The maximum absolute atomic E-state index is 12.8. The molecular formula is C30H46O5. The zero-order valence-electron chi connectivity index (χ0n) is 22.6. The zero-order valence-corrected chi connectivity index (χ0v) is 22.6. The van der Waals surface area contributed by atoms with Gasteiger partial charge < -0.3 is 20.1 Å². The number of aliphatic hydroxyl groups is 2. The summed E-state index contributed by atoms with van der Waals surface area (Å²) in [6.07, 6.45) is 8.83. The highest BCUT2D eigenvalue weighted by Gasteiger charge is 2.71. The van der Waals surface area contributed by atoms with Crippen LogP contribution in [0.1, 0.15) is 99.3 Å². The molecule has 196 valence electrons. The van der Waals surface area contributed by atoms with Crippen LogP contribution in [0.4, 0.5) is 0 Å². The normalized spacial score (nSPS) is 54.9. The van der Waals surface area contributed by atoms with Gasteiger partial charge in [0.15, 0.2) is 0 Å². The molecule has 2 unspecified atom stereocenters. The minimum absolute atomic E-state index is 0.0507. The number of aliphatic carboxylic acids is 1. The summed E-state index contributed by atoms with van der Waals surface area (Å²) in [7, 11) is 0. The molecule has 0 aliphatic heterocycles. The van der Waals surface area contributed by atoms with Gasteiger partial charge in [-0.2, -0.15) is 0 Å². The number of aliphatic hydroxyl groups excluding tert-OH is 2. The van der Waals surface area contributed by atoms with E-state index in [2.05, 4.69) is 40.7 Å². The third kappa shape index (κ3) is 2.94. The first-order chi connectivity index (χ1) is 16.1. The van der Waals surface area contributed by atoms with Crippen molar-refractivity contribution in [2.24, 2.45) is 50.2 Å². The number of aldehydes is 1. The molecule has 0 aromatic heterocycles. The molecule has 35 heavy (non-hydrogen) atoms. The van der Waals surface area contributed by atoms with Gasteiger partial charge in [0.1, 0.15) is 11.7 Å². The van der Waals surface area contributed by atoms with Crippen LogP contribution in [0.3, 0.4) is 0 Å².